The molecule has 2 saturated heterocycles. The molecule has 396 valence electrons. The Labute approximate surface area is 447 Å². The molecule has 4 aliphatic rings. The number of aryl methyl sites for hydroxylation is 2. The maximum absolute atomic E-state index is 13.4. The number of carbonyl (C=O) groups excluding carboxylic acids is 5. The molecule has 1 atom stereocenters. The lowest BCUT2D eigenvalue weighted by atomic mass is 9.99. The molecule has 0 aliphatic carbocycles. The van der Waals surface area contributed by atoms with Crippen LogP contribution in [0, 0.1) is 47.3 Å². The van der Waals surface area contributed by atoms with Gasteiger partial charge in [0.25, 0.3) is 0 Å². The number of anilines is 6. The predicted molar refractivity (Wildman–Crippen MR) is 286 cm³/mol. The van der Waals surface area contributed by atoms with Crippen molar-refractivity contribution in [2.24, 2.45) is 0 Å². The van der Waals surface area contributed by atoms with Crippen LogP contribution >= 0.6 is 12.4 Å². The number of urea groups is 2. The molecule has 0 aromatic carbocycles. The largest absolute Gasteiger partial charge is 0.393 e. The third kappa shape index (κ3) is 13.6. The Balaban J connectivity index is 0.000000244. The Hall–Kier alpha value is -8.42. The number of ether oxygens (including phenoxy) is 1. The normalized spacial score (nSPS) is 15.6. The molecule has 4 aliphatic heterocycles. The van der Waals surface area contributed by atoms with Gasteiger partial charge in [0.1, 0.15) is 47.2 Å². The summed E-state index contributed by atoms with van der Waals surface area (Å²) in [5.74, 6) is 6.29. The fraction of sp³-hybridized carbons (Fsp3) is 0.404. The van der Waals surface area contributed by atoms with Gasteiger partial charge >= 0.3 is 12.1 Å². The van der Waals surface area contributed by atoms with Gasteiger partial charge in [-0.1, -0.05) is 11.8 Å². The van der Waals surface area contributed by atoms with Crippen molar-refractivity contribution in [1.82, 2.24) is 39.5 Å². The molecule has 8 heterocycles. The molecule has 5 N–H and O–H groups in total. The van der Waals surface area contributed by atoms with Crippen molar-refractivity contribution in [3.8, 4) is 36.8 Å². The van der Waals surface area contributed by atoms with Gasteiger partial charge in [-0.15, -0.1) is 25.3 Å². The van der Waals surface area contributed by atoms with E-state index in [-0.39, 0.29) is 61.2 Å². The van der Waals surface area contributed by atoms with Crippen LogP contribution in [0.3, 0.4) is 0 Å². The Morgan fingerprint density at radius 3 is 1.66 bits per heavy atom. The van der Waals surface area contributed by atoms with Crippen LogP contribution in [0.5, 0.6) is 0 Å². The molecule has 76 heavy (non-hydrogen) atoms. The molecule has 8 rings (SSSR count). The number of aliphatic hydroxyl groups is 1. The number of aldehydes is 1. The van der Waals surface area contributed by atoms with Crippen molar-refractivity contribution in [3.63, 3.8) is 0 Å². The fourth-order valence-electron chi connectivity index (χ4n) is 8.98. The smallest absolute Gasteiger partial charge is 0.328 e. The molecule has 4 aromatic heterocycles. The number of halogens is 1. The number of aliphatic hydroxyl groups excluding tert-OH is 1. The first-order valence-electron chi connectivity index (χ1n) is 24.2. The average Bonchev–Trinajstić information content (AvgIpc) is 3.41. The van der Waals surface area contributed by atoms with E-state index in [9.17, 15) is 39.6 Å². The number of nitrogens with zero attached hydrogens (tertiary/aromatic N) is 12. The number of likely N-dealkylation sites (N-methyl/N-ethyl adjacent to an activating group) is 2. The number of nitriles is 2. The van der Waals surface area contributed by atoms with Crippen molar-refractivity contribution >= 4 is 77.2 Å². The van der Waals surface area contributed by atoms with Crippen LogP contribution in [-0.4, -0.2) is 168 Å². The summed E-state index contributed by atoms with van der Waals surface area (Å²) in [6, 6.07) is 10.1. The highest BCUT2D eigenvalue weighted by atomic mass is 35.5. The first-order valence-corrected chi connectivity index (χ1v) is 24.2. The third-order valence-corrected chi connectivity index (χ3v) is 12.9. The number of piperazine rings is 2. The second kappa shape index (κ2) is 26.7. The van der Waals surface area contributed by atoms with E-state index in [4.69, 9.17) is 22.6 Å². The Morgan fingerprint density at radius 2 is 1.22 bits per heavy atom. The van der Waals surface area contributed by atoms with E-state index in [0.717, 1.165) is 36.2 Å². The summed E-state index contributed by atoms with van der Waals surface area (Å²) in [5.41, 5.74) is 5.39. The van der Waals surface area contributed by atoms with E-state index in [1.54, 1.807) is 21.9 Å². The number of nitrogens with one attached hydrogen (secondary N) is 4. The number of fused-ring (bicyclic) bond motifs is 2. The molecule has 0 saturated carbocycles. The second-order valence-corrected chi connectivity index (χ2v) is 18.1. The van der Waals surface area contributed by atoms with Gasteiger partial charge in [-0.25, -0.2) is 29.5 Å². The Morgan fingerprint density at radius 1 is 0.750 bits per heavy atom. The van der Waals surface area contributed by atoms with Crippen LogP contribution in [0.2, 0.25) is 0 Å². The fourth-order valence-corrected chi connectivity index (χ4v) is 8.98. The van der Waals surface area contributed by atoms with Gasteiger partial charge in [-0.05, 0) is 68.6 Å². The summed E-state index contributed by atoms with van der Waals surface area (Å²) in [7, 11) is 5.30. The second-order valence-electron chi connectivity index (χ2n) is 18.1. The maximum atomic E-state index is 13.4. The van der Waals surface area contributed by atoms with Gasteiger partial charge in [0.15, 0.2) is 6.29 Å². The number of methoxy groups -OCH3 is 1. The average molecular weight is 1060 g/mol. The molecule has 4 aromatic rings. The van der Waals surface area contributed by atoms with Crippen LogP contribution < -0.4 is 31.1 Å². The standard InChI is InChI=1S/C27H32N8O4.C25H26N8O3.ClH/c1-4-7-29-21-12-23(30-14-20(21)13-28)31-27(38)35-8-5-6-18-11-19(15-34-10-9-33(2)16-24(34)37)25(32-26(18)35)22(17-36)39-3;1-3-6-27-20-11-22(28-13-19(20)12-26)30-25(36)33-7-4-5-17-10-18(21(16-34)29-24(17)33)14-32-9-8-31(2)15-23(32)35;/h1,11-12,14,22,36H,5-10,15-17H2,2-3H3,(H2,29,30,31,38);1,10-11,13,16H,4-9,14-15H2,2H3,(H2,27,28,30,36);1H. The highest BCUT2D eigenvalue weighted by Gasteiger charge is 2.32. The van der Waals surface area contributed by atoms with Gasteiger partial charge in [0, 0.05) is 89.6 Å². The van der Waals surface area contributed by atoms with E-state index in [2.05, 4.69) is 48.1 Å². The van der Waals surface area contributed by atoms with E-state index in [1.165, 1.54) is 29.3 Å². The molecule has 6 amide bonds. The van der Waals surface area contributed by atoms with Gasteiger partial charge < -0.3 is 30.3 Å². The highest BCUT2D eigenvalue weighted by Crippen LogP contribution is 2.33. The number of terminal acetylenes is 2. The first-order chi connectivity index (χ1) is 36.3. The topological polar surface area (TPSA) is 282 Å². The van der Waals surface area contributed by atoms with Crippen LogP contribution in [0.1, 0.15) is 68.5 Å². The Bertz CT molecular complexity index is 3000. The molecule has 24 heteroatoms. The lowest BCUT2D eigenvalue weighted by molar-refractivity contribution is -0.136. The minimum Gasteiger partial charge on any atom is -0.393 e. The zero-order valence-corrected chi connectivity index (χ0v) is 43.3. The van der Waals surface area contributed by atoms with Gasteiger partial charge in [0.05, 0.1) is 61.0 Å². The maximum Gasteiger partial charge on any atom is 0.328 e. The number of rotatable bonds is 14. The molecule has 2 fully saturated rings. The minimum atomic E-state index is -0.718. The van der Waals surface area contributed by atoms with E-state index in [0.29, 0.717) is 123 Å². The molecule has 23 nitrogen and oxygen atoms in total. The van der Waals surface area contributed by atoms with E-state index in [1.807, 2.05) is 48.2 Å². The Kier molecular flexibility index (Phi) is 20.0. The minimum absolute atomic E-state index is 0. The zero-order valence-electron chi connectivity index (χ0n) is 42.5. The number of hydrogen-bond donors (Lipinski definition) is 5. The molecular formula is C52H59ClN16O7. The predicted octanol–water partition coefficient (Wildman–Crippen LogP) is 3.22. The van der Waals surface area contributed by atoms with Crippen LogP contribution in [0.15, 0.2) is 36.7 Å². The molecule has 0 radical (unpaired) electrons. The van der Waals surface area contributed by atoms with Crippen LogP contribution in [0.25, 0.3) is 0 Å². The van der Waals surface area contributed by atoms with Crippen molar-refractivity contribution in [1.29, 1.82) is 10.5 Å². The van der Waals surface area contributed by atoms with Crippen molar-refractivity contribution < 1.29 is 33.8 Å². The van der Waals surface area contributed by atoms with Crippen molar-refractivity contribution in [3.05, 3.63) is 81.4 Å². The zero-order chi connectivity index (χ0) is 53.6. The summed E-state index contributed by atoms with van der Waals surface area (Å²) in [6.45, 7) is 5.00. The molecular weight excluding hydrogens is 996 g/mol. The van der Waals surface area contributed by atoms with Crippen LogP contribution in [0.4, 0.5) is 44.2 Å². The number of aromatic nitrogens is 4. The monoisotopic (exact) mass is 1050 g/mol. The quantitative estimate of drug-likeness (QED) is 0.0895. The molecule has 1 unspecified atom stereocenters. The SMILES string of the molecule is C#CCNc1cc(NC(=O)N2CCCc3cc(CN4CCN(C)CC4=O)c(C(CO)OC)nc32)ncc1C#N.C#CCNc1cc(NC(=O)N2CCCc3cc(CN4CCN(C)CC4=O)c(C=O)nc32)ncc1C#N.Cl. The summed E-state index contributed by atoms with van der Waals surface area (Å²) >= 11 is 0. The van der Waals surface area contributed by atoms with Gasteiger partial charge in [-0.3, -0.25) is 44.6 Å². The lowest BCUT2D eigenvalue weighted by Gasteiger charge is -2.34. The lowest BCUT2D eigenvalue weighted by Crippen LogP contribution is -2.48. The van der Waals surface area contributed by atoms with Crippen molar-refractivity contribution in [2.75, 3.05) is 124 Å². The van der Waals surface area contributed by atoms with Crippen LogP contribution in [-0.2, 0) is 40.3 Å². The summed E-state index contributed by atoms with van der Waals surface area (Å²) in [4.78, 5) is 91.6. The van der Waals surface area contributed by atoms with E-state index < -0.39 is 18.2 Å². The number of carbonyl (C=O) groups is 5. The van der Waals surface area contributed by atoms with Gasteiger partial charge in [-0.2, -0.15) is 10.5 Å². The summed E-state index contributed by atoms with van der Waals surface area (Å²) < 4.78 is 5.51. The van der Waals surface area contributed by atoms with E-state index >= 15 is 0 Å². The third-order valence-electron chi connectivity index (χ3n) is 12.9. The molecule has 0 spiro atoms. The summed E-state index contributed by atoms with van der Waals surface area (Å²) in [5, 5.41) is 40.0. The molecule has 0 bridgehead atoms. The number of pyridine rings is 4. The highest BCUT2D eigenvalue weighted by molar-refractivity contribution is 6.02. The first kappa shape index (κ1) is 56.9. The van der Waals surface area contributed by atoms with Gasteiger partial charge in [0.2, 0.25) is 11.8 Å². The number of hydrogen-bond acceptors (Lipinski definition) is 17. The van der Waals surface area contributed by atoms with Crippen molar-refractivity contribution in [2.45, 2.75) is 44.9 Å². The summed E-state index contributed by atoms with van der Waals surface area (Å²) in [6.07, 6.45) is 16.1. The number of amides is 6.